The molecule has 10 heteroatoms. The number of nitrogens with zero attached hydrogens (tertiary/aromatic N) is 2. The third-order valence-electron chi connectivity index (χ3n) is 4.88. The van der Waals surface area contributed by atoms with Crippen LogP contribution < -0.4 is 10.6 Å². The lowest BCUT2D eigenvalue weighted by molar-refractivity contribution is -0.137. The fourth-order valence-corrected chi connectivity index (χ4v) is 3.33. The van der Waals surface area contributed by atoms with Crippen LogP contribution in [0.25, 0.3) is 11.1 Å². The van der Waals surface area contributed by atoms with Gasteiger partial charge in [-0.25, -0.2) is 4.98 Å². The van der Waals surface area contributed by atoms with E-state index in [0.29, 0.717) is 11.1 Å². The first-order chi connectivity index (χ1) is 15.2. The summed E-state index contributed by atoms with van der Waals surface area (Å²) in [6.45, 7) is 0. The van der Waals surface area contributed by atoms with Crippen LogP contribution in [0.4, 0.5) is 24.7 Å². The maximum atomic E-state index is 12.9. The molecule has 2 heterocycles. The molecule has 0 unspecified atom stereocenters. The molecule has 0 radical (unpaired) electrons. The molecule has 0 bridgehead atoms. The molecule has 1 aromatic carbocycles. The van der Waals surface area contributed by atoms with Crippen molar-refractivity contribution in [2.45, 2.75) is 19.0 Å². The van der Waals surface area contributed by atoms with E-state index >= 15 is 0 Å². The van der Waals surface area contributed by atoms with Crippen molar-refractivity contribution in [1.29, 1.82) is 0 Å². The summed E-state index contributed by atoms with van der Waals surface area (Å²) in [6.07, 6.45) is 1.36. The van der Waals surface area contributed by atoms with Crippen LogP contribution >= 0.6 is 11.6 Å². The number of rotatable bonds is 5. The average molecular weight is 461 g/mol. The van der Waals surface area contributed by atoms with E-state index < -0.39 is 17.6 Å². The number of hydrogen-bond acceptors (Lipinski definition) is 4. The van der Waals surface area contributed by atoms with Crippen molar-refractivity contribution in [2.24, 2.45) is 5.92 Å². The van der Waals surface area contributed by atoms with Gasteiger partial charge in [0.15, 0.2) is 0 Å². The summed E-state index contributed by atoms with van der Waals surface area (Å²) in [5, 5.41) is 5.25. The zero-order valence-corrected chi connectivity index (χ0v) is 17.2. The lowest BCUT2D eigenvalue weighted by atomic mass is 10.0. The number of amides is 2. The Labute approximate surface area is 185 Å². The largest absolute Gasteiger partial charge is 0.416 e. The number of nitrogens with one attached hydrogen (secondary N) is 2. The standard InChI is InChI=1S/C22H16ClF3N4O2/c23-17-10-14(22(24,25)26)3-4-15(17)16-6-7-27-11-18(16)29-21(32)13-5-8-28-19(9-13)30-20(31)12-1-2-12/h3-12H,1-2H2,(H,29,32)(H,28,30,31). The summed E-state index contributed by atoms with van der Waals surface area (Å²) in [7, 11) is 0. The molecule has 6 nitrogen and oxygen atoms in total. The highest BCUT2D eigenvalue weighted by atomic mass is 35.5. The lowest BCUT2D eigenvalue weighted by Crippen LogP contribution is -2.16. The van der Waals surface area contributed by atoms with Gasteiger partial charge < -0.3 is 10.6 Å². The van der Waals surface area contributed by atoms with Gasteiger partial charge >= 0.3 is 6.18 Å². The fourth-order valence-electron chi connectivity index (χ4n) is 3.05. The van der Waals surface area contributed by atoms with Crippen molar-refractivity contribution < 1.29 is 22.8 Å². The van der Waals surface area contributed by atoms with Crippen LogP contribution in [-0.4, -0.2) is 21.8 Å². The van der Waals surface area contributed by atoms with Crippen LogP contribution in [0, 0.1) is 5.92 Å². The maximum Gasteiger partial charge on any atom is 0.416 e. The summed E-state index contributed by atoms with van der Waals surface area (Å²) in [5.41, 5.74) is 0.343. The van der Waals surface area contributed by atoms with Gasteiger partial charge in [0, 0.05) is 40.0 Å². The number of alkyl halides is 3. The van der Waals surface area contributed by atoms with E-state index in [9.17, 15) is 22.8 Å². The summed E-state index contributed by atoms with van der Waals surface area (Å²) in [4.78, 5) is 32.7. The average Bonchev–Trinajstić information content (AvgIpc) is 3.59. The third kappa shape index (κ3) is 4.88. The minimum absolute atomic E-state index is 0.0132. The molecule has 0 spiro atoms. The van der Waals surface area contributed by atoms with E-state index in [1.54, 1.807) is 0 Å². The van der Waals surface area contributed by atoms with Crippen molar-refractivity contribution in [1.82, 2.24) is 9.97 Å². The molecule has 1 aliphatic rings. The molecular weight excluding hydrogens is 445 g/mol. The first-order valence-corrected chi connectivity index (χ1v) is 9.99. The van der Waals surface area contributed by atoms with Gasteiger partial charge in [-0.2, -0.15) is 13.2 Å². The first kappa shape index (κ1) is 21.8. The van der Waals surface area contributed by atoms with E-state index in [4.69, 9.17) is 11.6 Å². The number of anilines is 2. The van der Waals surface area contributed by atoms with Crippen LogP contribution in [0.15, 0.2) is 55.0 Å². The van der Waals surface area contributed by atoms with Crippen LogP contribution in [0.2, 0.25) is 5.02 Å². The van der Waals surface area contributed by atoms with Crippen molar-refractivity contribution in [3.8, 4) is 11.1 Å². The predicted octanol–water partition coefficient (Wildman–Crippen LogP) is 5.42. The Balaban J connectivity index is 1.57. The number of carbonyl (C=O) groups excluding carboxylic acids is 2. The van der Waals surface area contributed by atoms with Crippen molar-refractivity contribution in [2.75, 3.05) is 10.6 Å². The first-order valence-electron chi connectivity index (χ1n) is 9.62. The highest BCUT2D eigenvalue weighted by Crippen LogP contribution is 2.38. The number of hydrogen-bond donors (Lipinski definition) is 2. The normalized spacial score (nSPS) is 13.5. The molecule has 164 valence electrons. The van der Waals surface area contributed by atoms with Crippen LogP contribution in [0.5, 0.6) is 0 Å². The Morgan fingerprint density at radius 3 is 2.47 bits per heavy atom. The number of aromatic nitrogens is 2. The monoisotopic (exact) mass is 460 g/mol. The smallest absolute Gasteiger partial charge is 0.320 e. The molecule has 2 aromatic heterocycles. The molecule has 4 rings (SSSR count). The molecule has 1 fully saturated rings. The topological polar surface area (TPSA) is 84.0 Å². The quantitative estimate of drug-likeness (QED) is 0.532. The summed E-state index contributed by atoms with van der Waals surface area (Å²) in [6, 6.07) is 7.46. The molecule has 0 aliphatic heterocycles. The van der Waals surface area contributed by atoms with E-state index in [2.05, 4.69) is 20.6 Å². The van der Waals surface area contributed by atoms with Crippen molar-refractivity contribution in [3.63, 3.8) is 0 Å². The molecule has 0 saturated heterocycles. The van der Waals surface area contributed by atoms with E-state index in [1.807, 2.05) is 0 Å². The Morgan fingerprint density at radius 2 is 1.78 bits per heavy atom. The number of pyridine rings is 2. The number of benzene rings is 1. The lowest BCUT2D eigenvalue weighted by Gasteiger charge is -2.14. The molecule has 0 atom stereocenters. The molecule has 2 N–H and O–H groups in total. The Morgan fingerprint density at radius 1 is 1.00 bits per heavy atom. The predicted molar refractivity (Wildman–Crippen MR) is 113 cm³/mol. The second-order valence-electron chi connectivity index (χ2n) is 7.26. The zero-order valence-electron chi connectivity index (χ0n) is 16.4. The second-order valence-corrected chi connectivity index (χ2v) is 7.67. The SMILES string of the molecule is O=C(Nc1cnccc1-c1ccc(C(F)(F)F)cc1Cl)c1ccnc(NC(=O)C2CC2)c1. The van der Waals surface area contributed by atoms with Crippen LogP contribution in [-0.2, 0) is 11.0 Å². The van der Waals surface area contributed by atoms with Gasteiger partial charge in [0.05, 0.1) is 17.4 Å². The molecule has 1 aliphatic carbocycles. The number of carbonyl (C=O) groups is 2. The zero-order chi connectivity index (χ0) is 22.9. The molecule has 3 aromatic rings. The van der Waals surface area contributed by atoms with Gasteiger partial charge in [0.25, 0.3) is 5.91 Å². The van der Waals surface area contributed by atoms with Gasteiger partial charge in [0.2, 0.25) is 5.91 Å². The van der Waals surface area contributed by atoms with Crippen molar-refractivity contribution >= 4 is 34.9 Å². The Hall–Kier alpha value is -3.46. The Bertz CT molecular complexity index is 1200. The van der Waals surface area contributed by atoms with E-state index in [1.165, 1.54) is 42.9 Å². The molecular formula is C22H16ClF3N4O2. The van der Waals surface area contributed by atoms with Crippen LogP contribution in [0.3, 0.4) is 0 Å². The minimum Gasteiger partial charge on any atom is -0.320 e. The summed E-state index contributed by atoms with van der Waals surface area (Å²) >= 11 is 6.11. The van der Waals surface area contributed by atoms with Gasteiger partial charge in [-0.1, -0.05) is 17.7 Å². The van der Waals surface area contributed by atoms with Crippen LogP contribution in [0.1, 0.15) is 28.8 Å². The van der Waals surface area contributed by atoms with E-state index in [-0.39, 0.29) is 33.9 Å². The molecule has 32 heavy (non-hydrogen) atoms. The van der Waals surface area contributed by atoms with Crippen molar-refractivity contribution in [3.05, 3.63) is 71.1 Å². The molecule has 2 amide bonds. The highest BCUT2D eigenvalue weighted by molar-refractivity contribution is 6.33. The fraction of sp³-hybridized carbons (Fsp3) is 0.182. The second kappa shape index (κ2) is 8.58. The maximum absolute atomic E-state index is 12.9. The molecule has 1 saturated carbocycles. The van der Waals surface area contributed by atoms with Gasteiger partial charge in [-0.05, 0) is 43.2 Å². The third-order valence-corrected chi connectivity index (χ3v) is 5.19. The minimum atomic E-state index is -4.52. The summed E-state index contributed by atoms with van der Waals surface area (Å²) < 4.78 is 38.8. The van der Waals surface area contributed by atoms with Gasteiger partial charge in [-0.15, -0.1) is 0 Å². The Kier molecular flexibility index (Phi) is 5.84. The van der Waals surface area contributed by atoms with Gasteiger partial charge in [0.1, 0.15) is 5.82 Å². The summed E-state index contributed by atoms with van der Waals surface area (Å²) in [5.74, 6) is -0.402. The van der Waals surface area contributed by atoms with Gasteiger partial charge in [-0.3, -0.25) is 14.6 Å². The van der Waals surface area contributed by atoms with E-state index in [0.717, 1.165) is 25.0 Å². The highest BCUT2D eigenvalue weighted by Gasteiger charge is 2.31. The number of halogens is 4.